The molecule has 1 aromatic heterocycles. The van der Waals surface area contributed by atoms with E-state index in [0.717, 1.165) is 31.7 Å². The fourth-order valence-corrected chi connectivity index (χ4v) is 2.17. The van der Waals surface area contributed by atoms with E-state index >= 15 is 0 Å². The lowest BCUT2D eigenvalue weighted by Gasteiger charge is -2.23. The van der Waals surface area contributed by atoms with E-state index in [9.17, 15) is 4.79 Å². The molecule has 0 N–H and O–H groups in total. The maximum Gasteiger partial charge on any atom is 0.268 e. The highest BCUT2D eigenvalue weighted by atomic mass is 16.5. The number of nitriles is 1. The van der Waals surface area contributed by atoms with E-state index in [-0.39, 0.29) is 11.1 Å². The normalized spacial score (nSPS) is 16.7. The van der Waals surface area contributed by atoms with Crippen molar-refractivity contribution in [2.75, 3.05) is 13.2 Å². The summed E-state index contributed by atoms with van der Waals surface area (Å²) in [7, 11) is 0. The average Bonchev–Trinajstić information content (AvgIpc) is 2.36. The molecule has 0 bridgehead atoms. The molecule has 2 rings (SSSR count). The van der Waals surface area contributed by atoms with Crippen molar-refractivity contribution >= 4 is 0 Å². The molecule has 2 heterocycles. The van der Waals surface area contributed by atoms with E-state index in [2.05, 4.69) is 0 Å². The monoisotopic (exact) mass is 232 g/mol. The molecule has 0 atom stereocenters. The second-order valence-electron chi connectivity index (χ2n) is 4.47. The molecular weight excluding hydrogens is 216 g/mol. The third-order valence-electron chi connectivity index (χ3n) is 3.29. The van der Waals surface area contributed by atoms with Gasteiger partial charge in [0.2, 0.25) is 0 Å². The lowest BCUT2D eigenvalue weighted by molar-refractivity contribution is 0.0607. The minimum absolute atomic E-state index is 0.168. The van der Waals surface area contributed by atoms with Gasteiger partial charge < -0.3 is 9.30 Å². The lowest BCUT2D eigenvalue weighted by atomic mass is 10.00. The molecule has 1 aliphatic rings. The van der Waals surface area contributed by atoms with Crippen LogP contribution in [-0.4, -0.2) is 17.8 Å². The Kier molecular flexibility index (Phi) is 3.60. The van der Waals surface area contributed by atoms with Crippen molar-refractivity contribution in [3.63, 3.8) is 0 Å². The van der Waals surface area contributed by atoms with Gasteiger partial charge in [0.15, 0.2) is 0 Å². The first-order valence-electron chi connectivity index (χ1n) is 5.90. The molecule has 0 spiro atoms. The van der Waals surface area contributed by atoms with Gasteiger partial charge in [-0.25, -0.2) is 0 Å². The summed E-state index contributed by atoms with van der Waals surface area (Å²) in [5, 5.41) is 8.86. The van der Waals surface area contributed by atoms with Crippen LogP contribution in [0.2, 0.25) is 0 Å². The highest BCUT2D eigenvalue weighted by Crippen LogP contribution is 2.16. The zero-order chi connectivity index (χ0) is 12.3. The number of ether oxygens (including phenoxy) is 1. The highest BCUT2D eigenvalue weighted by Gasteiger charge is 2.16. The van der Waals surface area contributed by atoms with Gasteiger partial charge in [-0.3, -0.25) is 4.79 Å². The van der Waals surface area contributed by atoms with Gasteiger partial charge in [-0.1, -0.05) is 0 Å². The van der Waals surface area contributed by atoms with Crippen LogP contribution in [0, 0.1) is 24.2 Å². The quantitative estimate of drug-likeness (QED) is 0.775. The largest absolute Gasteiger partial charge is 0.381 e. The second-order valence-corrected chi connectivity index (χ2v) is 4.47. The zero-order valence-electron chi connectivity index (χ0n) is 9.98. The van der Waals surface area contributed by atoms with E-state index in [0.29, 0.717) is 12.5 Å². The Morgan fingerprint density at radius 2 is 2.18 bits per heavy atom. The van der Waals surface area contributed by atoms with Gasteiger partial charge in [-0.15, -0.1) is 0 Å². The number of aromatic nitrogens is 1. The van der Waals surface area contributed by atoms with Gasteiger partial charge in [0.25, 0.3) is 5.56 Å². The van der Waals surface area contributed by atoms with Gasteiger partial charge in [-0.05, 0) is 37.8 Å². The molecule has 1 fully saturated rings. The summed E-state index contributed by atoms with van der Waals surface area (Å²) in [6.45, 7) is 4.15. The molecule has 0 radical (unpaired) electrons. The van der Waals surface area contributed by atoms with E-state index in [1.165, 1.54) is 0 Å². The van der Waals surface area contributed by atoms with E-state index in [4.69, 9.17) is 10.00 Å². The minimum Gasteiger partial charge on any atom is -0.381 e. The Labute approximate surface area is 100 Å². The van der Waals surface area contributed by atoms with Crippen LogP contribution in [0.25, 0.3) is 0 Å². The van der Waals surface area contributed by atoms with Crippen LogP contribution in [0.5, 0.6) is 0 Å². The summed E-state index contributed by atoms with van der Waals surface area (Å²) in [5.74, 6) is 0.481. The molecule has 4 heteroatoms. The number of nitrogens with zero attached hydrogens (tertiary/aromatic N) is 2. The van der Waals surface area contributed by atoms with Gasteiger partial charge in [-0.2, -0.15) is 5.26 Å². The number of hydrogen-bond donors (Lipinski definition) is 0. The van der Waals surface area contributed by atoms with E-state index in [1.54, 1.807) is 10.6 Å². The molecule has 90 valence electrons. The van der Waals surface area contributed by atoms with Crippen molar-refractivity contribution in [1.29, 1.82) is 5.26 Å². The first kappa shape index (κ1) is 11.9. The maximum atomic E-state index is 12.0. The molecule has 0 aromatic carbocycles. The van der Waals surface area contributed by atoms with Crippen LogP contribution in [0.4, 0.5) is 0 Å². The predicted octanol–water partition coefficient (Wildman–Crippen LogP) is 1.45. The zero-order valence-corrected chi connectivity index (χ0v) is 9.98. The summed E-state index contributed by atoms with van der Waals surface area (Å²) in [6, 6.07) is 5.37. The van der Waals surface area contributed by atoms with Crippen LogP contribution < -0.4 is 5.56 Å². The Bertz CT molecular complexity index is 493. The summed E-state index contributed by atoms with van der Waals surface area (Å²) in [5.41, 5.74) is 0.974. The van der Waals surface area contributed by atoms with Crippen molar-refractivity contribution < 1.29 is 4.74 Å². The fourth-order valence-electron chi connectivity index (χ4n) is 2.17. The van der Waals surface area contributed by atoms with Crippen LogP contribution in [-0.2, 0) is 11.3 Å². The predicted molar refractivity (Wildman–Crippen MR) is 63.7 cm³/mol. The van der Waals surface area contributed by atoms with Gasteiger partial charge in [0, 0.05) is 25.5 Å². The van der Waals surface area contributed by atoms with Crippen LogP contribution in [0.3, 0.4) is 0 Å². The van der Waals surface area contributed by atoms with Crippen molar-refractivity contribution in [3.8, 4) is 6.07 Å². The molecule has 4 nitrogen and oxygen atoms in total. The van der Waals surface area contributed by atoms with Crippen molar-refractivity contribution in [2.45, 2.75) is 26.3 Å². The molecule has 0 amide bonds. The van der Waals surface area contributed by atoms with Crippen LogP contribution >= 0.6 is 0 Å². The molecule has 0 unspecified atom stereocenters. The standard InChI is InChI=1S/C13H16N2O2/c1-10-2-3-12(8-14)13(16)15(10)9-11-4-6-17-7-5-11/h2-3,11H,4-7,9H2,1H3. The van der Waals surface area contributed by atoms with Gasteiger partial charge in [0.05, 0.1) is 0 Å². The average molecular weight is 232 g/mol. The topological polar surface area (TPSA) is 55.0 Å². The Hall–Kier alpha value is -1.60. The minimum atomic E-state index is -0.168. The molecular formula is C13H16N2O2. The molecule has 0 aliphatic carbocycles. The van der Waals surface area contributed by atoms with Crippen LogP contribution in [0.1, 0.15) is 24.1 Å². The van der Waals surface area contributed by atoms with Gasteiger partial charge >= 0.3 is 0 Å². The second kappa shape index (κ2) is 5.15. The Balaban J connectivity index is 2.25. The first-order chi connectivity index (χ1) is 8.22. The SMILES string of the molecule is Cc1ccc(C#N)c(=O)n1CC1CCOCC1. The van der Waals surface area contributed by atoms with Crippen molar-refractivity contribution in [1.82, 2.24) is 4.57 Å². The van der Waals surface area contributed by atoms with Crippen molar-refractivity contribution in [2.24, 2.45) is 5.92 Å². The fraction of sp³-hybridized carbons (Fsp3) is 0.538. The molecule has 1 aromatic rings. The molecule has 1 saturated heterocycles. The van der Waals surface area contributed by atoms with E-state index in [1.807, 2.05) is 19.1 Å². The number of pyridine rings is 1. The summed E-state index contributed by atoms with van der Waals surface area (Å²) >= 11 is 0. The third-order valence-corrected chi connectivity index (χ3v) is 3.29. The number of aryl methyl sites for hydroxylation is 1. The molecule has 1 aliphatic heterocycles. The van der Waals surface area contributed by atoms with Gasteiger partial charge in [0.1, 0.15) is 11.6 Å². The maximum absolute atomic E-state index is 12.0. The van der Waals surface area contributed by atoms with Crippen molar-refractivity contribution in [3.05, 3.63) is 33.7 Å². The molecule has 17 heavy (non-hydrogen) atoms. The summed E-state index contributed by atoms with van der Waals surface area (Å²) in [4.78, 5) is 12.0. The Morgan fingerprint density at radius 3 is 2.82 bits per heavy atom. The smallest absolute Gasteiger partial charge is 0.268 e. The van der Waals surface area contributed by atoms with Crippen LogP contribution in [0.15, 0.2) is 16.9 Å². The summed E-state index contributed by atoms with van der Waals surface area (Å²) < 4.78 is 7.02. The summed E-state index contributed by atoms with van der Waals surface area (Å²) in [6.07, 6.45) is 1.98. The van der Waals surface area contributed by atoms with E-state index < -0.39 is 0 Å². The lowest BCUT2D eigenvalue weighted by Crippen LogP contribution is -2.30. The number of hydrogen-bond acceptors (Lipinski definition) is 3. The molecule has 0 saturated carbocycles. The Morgan fingerprint density at radius 1 is 1.47 bits per heavy atom. The highest BCUT2D eigenvalue weighted by molar-refractivity contribution is 5.27. The first-order valence-corrected chi connectivity index (χ1v) is 5.90. The third kappa shape index (κ3) is 2.56. The number of rotatable bonds is 2.